The van der Waals surface area contributed by atoms with E-state index in [1.54, 1.807) is 6.92 Å². The highest BCUT2D eigenvalue weighted by molar-refractivity contribution is 7.75. The highest BCUT2D eigenvalue weighted by Gasteiger charge is 2.18. The number of hydrogen-bond acceptors (Lipinski definition) is 4. The first-order chi connectivity index (χ1) is 8.40. The van der Waals surface area contributed by atoms with Crippen molar-refractivity contribution in [1.29, 1.82) is 0 Å². The van der Waals surface area contributed by atoms with E-state index in [0.717, 1.165) is 27.6 Å². The third kappa shape index (κ3) is 1.63. The molecular weight excluding hydrogens is 248 g/mol. The molecule has 96 valence electrons. The first kappa shape index (κ1) is 13.0. The van der Waals surface area contributed by atoms with Gasteiger partial charge >= 0.3 is 5.63 Å². The number of fused-ring (bicyclic) bond motifs is 1. The van der Waals surface area contributed by atoms with Gasteiger partial charge < -0.3 is 8.60 Å². The second kappa shape index (κ2) is 4.35. The van der Waals surface area contributed by atoms with Gasteiger partial charge in [-0.25, -0.2) is 4.79 Å². The fourth-order valence-electron chi connectivity index (χ4n) is 2.33. The van der Waals surface area contributed by atoms with Crippen LogP contribution in [0.1, 0.15) is 27.8 Å². The summed E-state index contributed by atoms with van der Waals surface area (Å²) in [6, 6.07) is 0. The van der Waals surface area contributed by atoms with Crippen LogP contribution >= 0.6 is 12.9 Å². The van der Waals surface area contributed by atoms with E-state index in [1.807, 2.05) is 27.7 Å². The molecule has 1 aromatic carbocycles. The largest absolute Gasteiger partial charge is 0.428 e. The van der Waals surface area contributed by atoms with Crippen LogP contribution in [0.25, 0.3) is 11.0 Å². The first-order valence-electron chi connectivity index (χ1n) is 5.75. The molecule has 0 aliphatic heterocycles. The zero-order valence-electron chi connectivity index (χ0n) is 11.2. The molecule has 0 fully saturated rings. The predicted molar refractivity (Wildman–Crippen MR) is 75.8 cm³/mol. The van der Waals surface area contributed by atoms with Crippen LogP contribution in [-0.2, 0) is 0 Å². The molecule has 0 amide bonds. The van der Waals surface area contributed by atoms with Crippen molar-refractivity contribution in [2.75, 3.05) is 0 Å². The van der Waals surface area contributed by atoms with Crippen LogP contribution in [0.4, 0.5) is 0 Å². The molecule has 2 aromatic rings. The van der Waals surface area contributed by atoms with Gasteiger partial charge in [-0.2, -0.15) is 0 Å². The molecule has 18 heavy (non-hydrogen) atoms. The molecule has 0 unspecified atom stereocenters. The van der Waals surface area contributed by atoms with Gasteiger partial charge in [-0.05, 0) is 51.3 Å². The van der Waals surface area contributed by atoms with Crippen LogP contribution in [0, 0.1) is 34.6 Å². The monoisotopic (exact) mass is 264 g/mol. The smallest absolute Gasteiger partial charge is 0.339 e. The number of rotatable bonds is 1. The van der Waals surface area contributed by atoms with E-state index in [2.05, 4.69) is 12.9 Å². The molecule has 2 rings (SSSR count). The van der Waals surface area contributed by atoms with Gasteiger partial charge in [0.25, 0.3) is 0 Å². The minimum Gasteiger partial charge on any atom is -0.428 e. The molecule has 1 aromatic heterocycles. The number of hydrogen-bond donors (Lipinski definition) is 1. The van der Waals surface area contributed by atoms with E-state index in [0.29, 0.717) is 16.9 Å². The van der Waals surface area contributed by atoms with Crippen LogP contribution in [0.3, 0.4) is 0 Å². The summed E-state index contributed by atoms with van der Waals surface area (Å²) in [5.74, 6) is 0.662. The number of benzene rings is 1. The van der Waals surface area contributed by atoms with Gasteiger partial charge in [0, 0.05) is 29.4 Å². The van der Waals surface area contributed by atoms with Gasteiger partial charge in [-0.1, -0.05) is 0 Å². The summed E-state index contributed by atoms with van der Waals surface area (Å²) in [5, 5.41) is 0.997. The molecule has 4 heteroatoms. The standard InChI is InChI=1S/C14H16O3S/c1-6-8(3)12(17-18)10(5)13-11(6)7(2)9(4)14(15)16-13/h18H,1-5H3. The maximum Gasteiger partial charge on any atom is 0.339 e. The molecule has 3 nitrogen and oxygen atoms in total. The van der Waals surface area contributed by atoms with E-state index in [1.165, 1.54) is 0 Å². The summed E-state index contributed by atoms with van der Waals surface area (Å²) in [4.78, 5) is 11.8. The molecule has 0 spiro atoms. The zero-order valence-corrected chi connectivity index (χ0v) is 12.1. The molecule has 0 atom stereocenters. The molecule has 0 saturated carbocycles. The third-order valence-electron chi connectivity index (χ3n) is 3.72. The highest BCUT2D eigenvalue weighted by atomic mass is 32.1. The fourth-order valence-corrected chi connectivity index (χ4v) is 2.60. The summed E-state index contributed by atoms with van der Waals surface area (Å²) in [6.07, 6.45) is 0. The van der Waals surface area contributed by atoms with Crippen LogP contribution in [0.15, 0.2) is 9.21 Å². The number of aryl methyl sites for hydroxylation is 3. The van der Waals surface area contributed by atoms with Crippen molar-refractivity contribution < 1.29 is 8.60 Å². The maximum atomic E-state index is 11.8. The van der Waals surface area contributed by atoms with Gasteiger partial charge in [0.1, 0.15) is 11.3 Å². The molecule has 0 aliphatic carbocycles. The molecule has 1 heterocycles. The second-order valence-electron chi connectivity index (χ2n) is 4.64. The van der Waals surface area contributed by atoms with Crippen molar-refractivity contribution in [3.63, 3.8) is 0 Å². The molecular formula is C14H16O3S. The van der Waals surface area contributed by atoms with Crippen LogP contribution in [-0.4, -0.2) is 0 Å². The van der Waals surface area contributed by atoms with Crippen molar-refractivity contribution in [2.24, 2.45) is 0 Å². The average molecular weight is 264 g/mol. The normalized spacial score (nSPS) is 11.0. The summed E-state index contributed by atoms with van der Waals surface area (Å²) in [7, 11) is 0. The average Bonchev–Trinajstić information content (AvgIpc) is 2.34. The third-order valence-corrected chi connectivity index (χ3v) is 3.90. The van der Waals surface area contributed by atoms with Gasteiger partial charge in [0.2, 0.25) is 0 Å². The Bertz CT molecular complexity index is 699. The molecule has 0 saturated heterocycles. The summed E-state index contributed by atoms with van der Waals surface area (Å²) < 4.78 is 10.5. The summed E-state index contributed by atoms with van der Waals surface area (Å²) >= 11 is 3.87. The Morgan fingerprint density at radius 1 is 0.889 bits per heavy atom. The Kier molecular flexibility index (Phi) is 3.15. The van der Waals surface area contributed by atoms with E-state index in [9.17, 15) is 4.79 Å². The summed E-state index contributed by atoms with van der Waals surface area (Å²) in [5.41, 5.74) is 4.81. The van der Waals surface area contributed by atoms with E-state index in [4.69, 9.17) is 8.60 Å². The van der Waals surface area contributed by atoms with Crippen LogP contribution in [0.5, 0.6) is 5.75 Å². The van der Waals surface area contributed by atoms with Gasteiger partial charge in [0.05, 0.1) is 0 Å². The Morgan fingerprint density at radius 2 is 1.44 bits per heavy atom. The predicted octanol–water partition coefficient (Wildman–Crippen LogP) is 3.56. The summed E-state index contributed by atoms with van der Waals surface area (Å²) in [6.45, 7) is 9.58. The minimum atomic E-state index is -0.295. The first-order valence-corrected chi connectivity index (χ1v) is 6.11. The topological polar surface area (TPSA) is 39.4 Å². The van der Waals surface area contributed by atoms with Crippen molar-refractivity contribution in [3.8, 4) is 5.75 Å². The Labute approximate surface area is 111 Å². The van der Waals surface area contributed by atoms with Gasteiger partial charge in [0.15, 0.2) is 0 Å². The van der Waals surface area contributed by atoms with Crippen molar-refractivity contribution >= 4 is 23.9 Å². The molecule has 0 bridgehead atoms. The molecule has 0 aliphatic rings. The minimum absolute atomic E-state index is 0.295. The van der Waals surface area contributed by atoms with Crippen molar-refractivity contribution in [2.45, 2.75) is 34.6 Å². The second-order valence-corrected chi connectivity index (χ2v) is 4.82. The quantitative estimate of drug-likeness (QED) is 0.486. The van der Waals surface area contributed by atoms with E-state index >= 15 is 0 Å². The highest BCUT2D eigenvalue weighted by Crippen LogP contribution is 2.36. The van der Waals surface area contributed by atoms with Crippen LogP contribution < -0.4 is 9.81 Å². The maximum absolute atomic E-state index is 11.8. The Morgan fingerprint density at radius 3 is 2.00 bits per heavy atom. The lowest BCUT2D eigenvalue weighted by Gasteiger charge is -2.15. The zero-order chi connectivity index (χ0) is 13.6. The van der Waals surface area contributed by atoms with Crippen molar-refractivity contribution in [3.05, 3.63) is 38.2 Å². The molecule has 0 radical (unpaired) electrons. The lowest BCUT2D eigenvalue weighted by molar-refractivity contribution is 0.546. The Hall–Kier alpha value is -1.42. The fraction of sp³-hybridized carbons (Fsp3) is 0.357. The van der Waals surface area contributed by atoms with E-state index < -0.39 is 0 Å². The molecule has 0 N–H and O–H groups in total. The van der Waals surface area contributed by atoms with Gasteiger partial charge in [-0.3, -0.25) is 0 Å². The van der Waals surface area contributed by atoms with Crippen LogP contribution in [0.2, 0.25) is 0 Å². The SMILES string of the molecule is Cc1c(OS)c(C)c2oc(=O)c(C)c(C)c2c1C. The van der Waals surface area contributed by atoms with Crippen molar-refractivity contribution in [1.82, 2.24) is 0 Å². The van der Waals surface area contributed by atoms with E-state index in [-0.39, 0.29) is 5.63 Å². The Balaban J connectivity index is 3.13. The lowest BCUT2D eigenvalue weighted by atomic mass is 9.95. The number of thiol groups is 1. The lowest BCUT2D eigenvalue weighted by Crippen LogP contribution is -2.08. The van der Waals surface area contributed by atoms with Gasteiger partial charge in [-0.15, -0.1) is 0 Å².